The number of nitrogens with one attached hydrogen (secondary N) is 1. The third-order valence-corrected chi connectivity index (χ3v) is 0.884. The van der Waals surface area contributed by atoms with Gasteiger partial charge in [-0.25, -0.2) is 0 Å². The lowest BCUT2D eigenvalue weighted by atomic mass is 10.6. The highest BCUT2D eigenvalue weighted by molar-refractivity contribution is 14.1. The Balaban J connectivity index is 3.61. The van der Waals surface area contributed by atoms with Crippen LogP contribution < -0.4 is 5.32 Å². The van der Waals surface area contributed by atoms with E-state index < -0.39 is 0 Å². The molecule has 0 aliphatic heterocycles. The molecule has 0 rings (SSSR count). The molecule has 0 bridgehead atoms. The highest BCUT2D eigenvalue weighted by Crippen LogP contribution is 1.90. The predicted octanol–water partition coefficient (Wildman–Crippen LogP) is 1.53. The second-order valence-corrected chi connectivity index (χ2v) is 1.86. The number of halogens is 1. The van der Waals surface area contributed by atoms with Crippen molar-refractivity contribution in [3.63, 3.8) is 0 Å². The van der Waals surface area contributed by atoms with Gasteiger partial charge in [0, 0.05) is 13.2 Å². The van der Waals surface area contributed by atoms with Crippen molar-refractivity contribution in [1.82, 2.24) is 5.32 Å². The fraction of sp³-hybridized carbons (Fsp3) is 0.400. The molecule has 8 heavy (non-hydrogen) atoms. The molecular weight excluding hydrogens is 215 g/mol. The molecule has 0 aromatic heterocycles. The summed E-state index contributed by atoms with van der Waals surface area (Å²) >= 11 is 2.08. The van der Waals surface area contributed by atoms with Crippen LogP contribution in [0.3, 0.4) is 0 Å². The van der Waals surface area contributed by atoms with Crippen LogP contribution in [0.1, 0.15) is 6.92 Å². The molecule has 0 aromatic rings. The Labute approximate surface area is 63.2 Å². The molecule has 0 aromatic carbocycles. The second-order valence-electron chi connectivity index (χ2n) is 1.30. The molecule has 3 heteroatoms. The topological polar surface area (TPSA) is 24.4 Å². The number of hydrogen-bond acceptors (Lipinski definition) is 2. The fourth-order valence-corrected chi connectivity index (χ4v) is 0.762. The molecule has 0 atom stereocenters. The van der Waals surface area contributed by atoms with Crippen molar-refractivity contribution in [3.8, 4) is 0 Å². The third kappa shape index (κ3) is 4.11. The lowest BCUT2D eigenvalue weighted by molar-refractivity contribution is 1.06. The second kappa shape index (κ2) is 5.08. The minimum absolute atomic E-state index is 0.988. The van der Waals surface area contributed by atoms with Crippen LogP contribution >= 0.6 is 22.6 Å². The van der Waals surface area contributed by atoms with Gasteiger partial charge in [0.05, 0.1) is 9.92 Å². The molecule has 0 unspecified atom stereocenters. The summed E-state index contributed by atoms with van der Waals surface area (Å²) in [6.45, 7) is 1.94. The largest absolute Gasteiger partial charge is 0.393 e. The standard InChI is InChI=1S/C5H9IN2/c1-5(3-7-2)8-4-6/h3-4,7H,1-2H3/b5-3-,8-4-. The summed E-state index contributed by atoms with van der Waals surface area (Å²) in [7, 11) is 1.85. The van der Waals surface area contributed by atoms with Gasteiger partial charge in [-0.1, -0.05) is 0 Å². The van der Waals surface area contributed by atoms with Gasteiger partial charge in [0.25, 0.3) is 0 Å². The van der Waals surface area contributed by atoms with E-state index in [1.807, 2.05) is 20.2 Å². The number of allylic oxidation sites excluding steroid dienone is 1. The first-order chi connectivity index (χ1) is 3.81. The van der Waals surface area contributed by atoms with Gasteiger partial charge in [-0.3, -0.25) is 4.99 Å². The minimum Gasteiger partial charge on any atom is -0.393 e. The van der Waals surface area contributed by atoms with E-state index in [1.54, 1.807) is 4.22 Å². The molecular formula is C5H9IN2. The molecule has 0 amide bonds. The summed E-state index contributed by atoms with van der Waals surface area (Å²) in [6, 6.07) is 0. The zero-order chi connectivity index (χ0) is 6.41. The Hall–Kier alpha value is -0.0600. The molecule has 1 N–H and O–H groups in total. The van der Waals surface area contributed by atoms with Gasteiger partial charge in [-0.15, -0.1) is 0 Å². The summed E-state index contributed by atoms with van der Waals surface area (Å²) in [5.41, 5.74) is 0.988. The third-order valence-electron chi connectivity index (χ3n) is 0.606. The van der Waals surface area contributed by atoms with Gasteiger partial charge in [-0.2, -0.15) is 0 Å². The van der Waals surface area contributed by atoms with Crippen LogP contribution in [0.2, 0.25) is 0 Å². The molecule has 0 spiro atoms. The molecule has 46 valence electrons. The van der Waals surface area contributed by atoms with Crippen LogP contribution in [0, 0.1) is 0 Å². The van der Waals surface area contributed by atoms with Crippen molar-refractivity contribution in [2.45, 2.75) is 6.92 Å². The van der Waals surface area contributed by atoms with E-state index in [0.717, 1.165) is 5.70 Å². The predicted molar refractivity (Wildman–Crippen MR) is 45.3 cm³/mol. The average Bonchev–Trinajstić information content (AvgIpc) is 1.68. The molecule has 2 nitrogen and oxygen atoms in total. The molecule has 0 aliphatic rings. The Morgan fingerprint density at radius 1 is 1.75 bits per heavy atom. The van der Waals surface area contributed by atoms with Crippen LogP contribution in [0.15, 0.2) is 16.9 Å². The molecule has 0 radical (unpaired) electrons. The highest BCUT2D eigenvalue weighted by atomic mass is 127. The van der Waals surface area contributed by atoms with Crippen molar-refractivity contribution in [3.05, 3.63) is 11.9 Å². The molecule has 0 aliphatic carbocycles. The maximum Gasteiger partial charge on any atom is 0.0655 e. The van der Waals surface area contributed by atoms with Crippen LogP contribution in [-0.2, 0) is 0 Å². The van der Waals surface area contributed by atoms with Gasteiger partial charge < -0.3 is 5.32 Å². The van der Waals surface area contributed by atoms with E-state index >= 15 is 0 Å². The zero-order valence-electron chi connectivity index (χ0n) is 4.98. The van der Waals surface area contributed by atoms with Crippen LogP contribution in [0.5, 0.6) is 0 Å². The first-order valence-electron chi connectivity index (χ1n) is 2.28. The maximum atomic E-state index is 3.97. The van der Waals surface area contributed by atoms with Gasteiger partial charge in [0.1, 0.15) is 0 Å². The monoisotopic (exact) mass is 224 g/mol. The maximum absolute atomic E-state index is 3.97. The summed E-state index contributed by atoms with van der Waals surface area (Å²) < 4.78 is 1.74. The van der Waals surface area contributed by atoms with Crippen molar-refractivity contribution >= 4 is 26.8 Å². The van der Waals surface area contributed by atoms with E-state index in [4.69, 9.17) is 0 Å². The smallest absolute Gasteiger partial charge is 0.0655 e. The SMILES string of the molecule is CN/C=C(C)\N=C/I. The molecule has 0 saturated heterocycles. The van der Waals surface area contributed by atoms with Gasteiger partial charge in [0.15, 0.2) is 0 Å². The fourth-order valence-electron chi connectivity index (χ4n) is 0.323. The molecule has 0 fully saturated rings. The van der Waals surface area contributed by atoms with Crippen molar-refractivity contribution in [2.24, 2.45) is 4.99 Å². The van der Waals surface area contributed by atoms with E-state index in [0.29, 0.717) is 0 Å². The van der Waals surface area contributed by atoms with Gasteiger partial charge in [-0.05, 0) is 29.5 Å². The van der Waals surface area contributed by atoms with Crippen LogP contribution in [0.25, 0.3) is 0 Å². The number of aliphatic imine (C=N–C) groups is 1. The lowest BCUT2D eigenvalue weighted by Gasteiger charge is -1.87. The molecule has 0 saturated carbocycles. The van der Waals surface area contributed by atoms with E-state index in [2.05, 4.69) is 32.9 Å². The van der Waals surface area contributed by atoms with Crippen LogP contribution in [-0.4, -0.2) is 11.3 Å². The first kappa shape index (κ1) is 7.94. The van der Waals surface area contributed by atoms with Gasteiger partial charge in [0.2, 0.25) is 0 Å². The van der Waals surface area contributed by atoms with Crippen molar-refractivity contribution in [1.29, 1.82) is 0 Å². The van der Waals surface area contributed by atoms with Crippen molar-refractivity contribution in [2.75, 3.05) is 7.05 Å². The Morgan fingerprint density at radius 3 is 2.75 bits per heavy atom. The van der Waals surface area contributed by atoms with Gasteiger partial charge >= 0.3 is 0 Å². The summed E-state index contributed by atoms with van der Waals surface area (Å²) in [5, 5.41) is 2.87. The Bertz CT molecular complexity index is 107. The number of nitrogens with zero attached hydrogens (tertiary/aromatic N) is 1. The summed E-state index contributed by atoms with van der Waals surface area (Å²) in [4.78, 5) is 3.97. The minimum atomic E-state index is 0.988. The Kier molecular flexibility index (Phi) is 5.05. The number of rotatable bonds is 2. The van der Waals surface area contributed by atoms with E-state index in [-0.39, 0.29) is 0 Å². The summed E-state index contributed by atoms with van der Waals surface area (Å²) in [5.74, 6) is 0. The van der Waals surface area contributed by atoms with Crippen molar-refractivity contribution < 1.29 is 0 Å². The average molecular weight is 224 g/mol. The Morgan fingerprint density at radius 2 is 2.38 bits per heavy atom. The van der Waals surface area contributed by atoms with E-state index in [1.165, 1.54) is 0 Å². The highest BCUT2D eigenvalue weighted by Gasteiger charge is 1.74. The summed E-state index contributed by atoms with van der Waals surface area (Å²) in [6.07, 6.45) is 1.84. The van der Waals surface area contributed by atoms with Crippen LogP contribution in [0.4, 0.5) is 0 Å². The lowest BCUT2D eigenvalue weighted by Crippen LogP contribution is -1.92. The van der Waals surface area contributed by atoms with E-state index in [9.17, 15) is 0 Å². The number of hydrogen-bond donors (Lipinski definition) is 1. The first-order valence-corrected chi connectivity index (χ1v) is 3.52. The quantitative estimate of drug-likeness (QED) is 0.558. The normalized spacial score (nSPS) is 12.6. The zero-order valence-corrected chi connectivity index (χ0v) is 7.14. The molecule has 0 heterocycles.